The summed E-state index contributed by atoms with van der Waals surface area (Å²) in [7, 11) is 0. The second kappa shape index (κ2) is 14.9. The number of benzene rings is 10. The van der Waals surface area contributed by atoms with E-state index in [0.29, 0.717) is 0 Å². The van der Waals surface area contributed by atoms with Crippen molar-refractivity contribution in [3.05, 3.63) is 203 Å². The zero-order valence-electron chi connectivity index (χ0n) is 37.5. The summed E-state index contributed by atoms with van der Waals surface area (Å²) in [5.74, 6) is 0. The van der Waals surface area contributed by atoms with Crippen LogP contribution in [0.3, 0.4) is 0 Å². The summed E-state index contributed by atoms with van der Waals surface area (Å²) in [5.41, 5.74) is 22.5. The van der Waals surface area contributed by atoms with Gasteiger partial charge >= 0.3 is 0 Å². The fourth-order valence-electron chi connectivity index (χ4n) is 10.6. The Morgan fingerprint density at radius 3 is 1.78 bits per heavy atom. The molecule has 10 aromatic carbocycles. The lowest BCUT2D eigenvalue weighted by atomic mass is 9.90. The number of aromatic nitrogens is 2. The van der Waals surface area contributed by atoms with E-state index in [1.54, 1.807) is 0 Å². The van der Waals surface area contributed by atoms with Gasteiger partial charge in [-0.1, -0.05) is 139 Å². The van der Waals surface area contributed by atoms with Gasteiger partial charge in [-0.15, -0.1) is 0 Å². The summed E-state index contributed by atoms with van der Waals surface area (Å²) in [6.07, 6.45) is 1.96. The van der Waals surface area contributed by atoms with Gasteiger partial charge in [0, 0.05) is 32.7 Å². The molecule has 0 radical (unpaired) electrons. The topological polar surface area (TPSA) is 38.9 Å². The quantitative estimate of drug-likeness (QED) is 0.162. The van der Waals surface area contributed by atoms with Crippen LogP contribution in [0.4, 0.5) is 0 Å². The Kier molecular flexibility index (Phi) is 8.86. The van der Waals surface area contributed by atoms with Crippen LogP contribution in [0.5, 0.6) is 0 Å². The molecule has 310 valence electrons. The lowest BCUT2D eigenvalue weighted by molar-refractivity contribution is 0.670. The van der Waals surface area contributed by atoms with E-state index >= 15 is 0 Å². The number of para-hydroxylation sites is 1. The smallest absolute Gasteiger partial charge is 0.143 e. The maximum Gasteiger partial charge on any atom is 0.143 e. The van der Waals surface area contributed by atoms with Crippen LogP contribution in [-0.2, 0) is 0 Å². The van der Waals surface area contributed by atoms with Crippen molar-refractivity contribution in [2.24, 2.45) is 0 Å². The van der Waals surface area contributed by atoms with Crippen molar-refractivity contribution < 1.29 is 4.42 Å². The summed E-state index contributed by atoms with van der Waals surface area (Å²) < 4.78 is 6.64. The van der Waals surface area contributed by atoms with Crippen LogP contribution in [0.15, 0.2) is 174 Å². The Bertz CT molecular complexity index is 3920. The van der Waals surface area contributed by atoms with E-state index in [2.05, 4.69) is 205 Å². The molecule has 12 aromatic rings. The van der Waals surface area contributed by atoms with Crippen molar-refractivity contribution in [3.8, 4) is 55.8 Å². The number of aryl methyl sites for hydroxylation is 5. The number of fused-ring (bicyclic) bond motifs is 11. The molecule has 3 heteroatoms. The van der Waals surface area contributed by atoms with Gasteiger partial charge in [0.2, 0.25) is 0 Å². The van der Waals surface area contributed by atoms with E-state index < -0.39 is 0 Å². The Hall–Kier alpha value is -7.88. The monoisotopic (exact) mass is 834 g/mol. The van der Waals surface area contributed by atoms with Gasteiger partial charge < -0.3 is 4.42 Å². The molecule has 65 heavy (non-hydrogen) atoms. The lowest BCUT2D eigenvalue weighted by Crippen LogP contribution is -1.95. The molecule has 0 saturated carbocycles. The van der Waals surface area contributed by atoms with E-state index in [1.807, 2.05) is 6.20 Å². The van der Waals surface area contributed by atoms with Gasteiger partial charge in [0.15, 0.2) is 0 Å². The lowest BCUT2D eigenvalue weighted by Gasteiger charge is -2.16. The average Bonchev–Trinajstić information content (AvgIpc) is 3.72. The molecule has 2 aromatic heterocycles. The van der Waals surface area contributed by atoms with Gasteiger partial charge in [-0.3, -0.25) is 4.98 Å². The molecule has 0 fully saturated rings. The normalized spacial score (nSPS) is 11.8. The van der Waals surface area contributed by atoms with Crippen LogP contribution in [0, 0.1) is 41.5 Å². The van der Waals surface area contributed by atoms with Crippen molar-refractivity contribution >= 4 is 65.3 Å². The third-order valence-electron chi connectivity index (χ3n) is 13.9. The third-order valence-corrected chi connectivity index (χ3v) is 13.9. The molecule has 0 aliphatic carbocycles. The first-order valence-corrected chi connectivity index (χ1v) is 22.5. The Labute approximate surface area is 378 Å². The molecule has 3 nitrogen and oxygen atoms in total. The molecule has 0 unspecified atom stereocenters. The van der Waals surface area contributed by atoms with E-state index in [9.17, 15) is 0 Å². The number of hydrogen-bond donors (Lipinski definition) is 0. The van der Waals surface area contributed by atoms with Crippen LogP contribution in [0.2, 0.25) is 0 Å². The van der Waals surface area contributed by atoms with Crippen molar-refractivity contribution in [2.75, 3.05) is 0 Å². The molecule has 0 atom stereocenters. The predicted molar refractivity (Wildman–Crippen MR) is 275 cm³/mol. The summed E-state index contributed by atoms with van der Waals surface area (Å²) >= 11 is 0. The van der Waals surface area contributed by atoms with E-state index in [1.165, 1.54) is 77.2 Å². The van der Waals surface area contributed by atoms with Crippen molar-refractivity contribution in [1.82, 2.24) is 9.97 Å². The molecule has 0 saturated heterocycles. The van der Waals surface area contributed by atoms with Gasteiger partial charge in [0.25, 0.3) is 0 Å². The SMILES string of the molecule is Cc1cc(C)c(-c2ccc3c4ccc(-c5cc(C)c(C)c(C)c5)cc4c4ncc(-c5cccc(-c6cccc(-c7cccc8c7oc7ccc9ccccc9c78)c6)c5)nc4c3c2)c(C)c1. The molecular weight excluding hydrogens is 789 g/mol. The third kappa shape index (κ3) is 6.33. The average molecular weight is 835 g/mol. The highest BCUT2D eigenvalue weighted by molar-refractivity contribution is 6.24. The number of nitrogens with zero attached hydrogens (tertiary/aromatic N) is 2. The maximum absolute atomic E-state index is 6.64. The molecule has 0 N–H and O–H groups in total. The van der Waals surface area contributed by atoms with E-state index in [4.69, 9.17) is 14.4 Å². The van der Waals surface area contributed by atoms with Crippen molar-refractivity contribution in [2.45, 2.75) is 41.5 Å². The van der Waals surface area contributed by atoms with Crippen molar-refractivity contribution in [3.63, 3.8) is 0 Å². The van der Waals surface area contributed by atoms with Crippen LogP contribution in [0.1, 0.15) is 33.4 Å². The van der Waals surface area contributed by atoms with Crippen LogP contribution >= 0.6 is 0 Å². The number of hydrogen-bond acceptors (Lipinski definition) is 3. The van der Waals surface area contributed by atoms with Gasteiger partial charge in [0.05, 0.1) is 22.9 Å². The minimum absolute atomic E-state index is 0.837. The van der Waals surface area contributed by atoms with Crippen LogP contribution in [-0.4, -0.2) is 9.97 Å². The van der Waals surface area contributed by atoms with E-state index in [0.717, 1.165) is 77.3 Å². The van der Waals surface area contributed by atoms with Crippen LogP contribution < -0.4 is 0 Å². The summed E-state index contributed by atoms with van der Waals surface area (Å²) in [5, 5.41) is 9.26. The first kappa shape index (κ1) is 38.8. The largest absolute Gasteiger partial charge is 0.455 e. The molecule has 12 rings (SSSR count). The highest BCUT2D eigenvalue weighted by atomic mass is 16.3. The highest BCUT2D eigenvalue weighted by Crippen LogP contribution is 2.42. The van der Waals surface area contributed by atoms with Gasteiger partial charge in [-0.2, -0.15) is 0 Å². The first-order chi connectivity index (χ1) is 31.7. The summed E-state index contributed by atoms with van der Waals surface area (Å²) in [6, 6.07) is 59.7. The first-order valence-electron chi connectivity index (χ1n) is 22.5. The number of rotatable bonds is 5. The second-order valence-electron chi connectivity index (χ2n) is 18.1. The standard InChI is InChI=1S/C62H46N2O/c1-35-26-38(4)58(39(5)27-35)47-21-24-52-51-23-20-44(48-28-36(2)40(6)37(3)29-48)32-54(51)60-61(55(52)33-47)64-56(34-63-60)46-16-10-14-43(31-46)42-13-9-15-45(30-42)50-18-11-19-53-59-49-17-8-7-12-41(49)22-25-57(59)65-62(50)53/h7-34H,1-6H3. The number of furan rings is 1. The van der Waals surface area contributed by atoms with Gasteiger partial charge in [-0.05, 0) is 160 Å². The Morgan fingerprint density at radius 1 is 0.400 bits per heavy atom. The zero-order chi connectivity index (χ0) is 44.1. The molecule has 0 bridgehead atoms. The fraction of sp³-hybridized carbons (Fsp3) is 0.0968. The van der Waals surface area contributed by atoms with E-state index in [-0.39, 0.29) is 0 Å². The minimum Gasteiger partial charge on any atom is -0.455 e. The van der Waals surface area contributed by atoms with Crippen molar-refractivity contribution in [1.29, 1.82) is 0 Å². The molecule has 0 amide bonds. The molecule has 2 heterocycles. The molecule has 0 spiro atoms. The fourth-order valence-corrected chi connectivity index (χ4v) is 10.6. The molecule has 0 aliphatic heterocycles. The predicted octanol–water partition coefficient (Wildman–Crippen LogP) is 17.2. The van der Waals surface area contributed by atoms with Gasteiger partial charge in [0.1, 0.15) is 11.2 Å². The van der Waals surface area contributed by atoms with Gasteiger partial charge in [-0.25, -0.2) is 4.98 Å². The minimum atomic E-state index is 0.837. The summed E-state index contributed by atoms with van der Waals surface area (Å²) in [6.45, 7) is 13.2. The van der Waals surface area contributed by atoms with Crippen LogP contribution in [0.25, 0.3) is 121 Å². The Morgan fingerprint density at radius 2 is 1.02 bits per heavy atom. The second-order valence-corrected chi connectivity index (χ2v) is 18.1. The Balaban J connectivity index is 1.01. The highest BCUT2D eigenvalue weighted by Gasteiger charge is 2.18. The zero-order valence-corrected chi connectivity index (χ0v) is 37.5. The summed E-state index contributed by atoms with van der Waals surface area (Å²) in [4.78, 5) is 10.9. The maximum atomic E-state index is 6.64. The molecule has 0 aliphatic rings. The molecular formula is C62H46N2O.